The number of nitrogens with two attached hydrogens (primary N) is 1. The second-order valence-electron chi connectivity index (χ2n) is 2.31. The third-order valence-electron chi connectivity index (χ3n) is 0.976. The number of rotatable bonds is 2. The Kier molecular flexibility index (Phi) is 3.92. The highest BCUT2D eigenvalue weighted by atomic mass is 35.5. The van der Waals surface area contributed by atoms with E-state index in [0.29, 0.717) is 5.06 Å². The molecule has 0 aromatic heterocycles. The van der Waals surface area contributed by atoms with Crippen molar-refractivity contribution in [2.45, 2.75) is 19.9 Å². The van der Waals surface area contributed by atoms with E-state index in [9.17, 15) is 4.79 Å². The third kappa shape index (κ3) is 3.85. The van der Waals surface area contributed by atoms with Crippen LogP contribution < -0.4 is 5.73 Å². The summed E-state index contributed by atoms with van der Waals surface area (Å²) in [5.41, 5.74) is 5.00. The average molecular weight is 179 g/mol. The summed E-state index contributed by atoms with van der Waals surface area (Å²) in [7, 11) is 0. The van der Waals surface area contributed by atoms with Crippen LogP contribution in [0.15, 0.2) is 11.2 Å². The molecule has 0 aliphatic carbocycles. The van der Waals surface area contributed by atoms with Crippen LogP contribution in [0.3, 0.4) is 0 Å². The molecule has 0 aromatic rings. The monoisotopic (exact) mass is 178 g/mol. The predicted octanol–water partition coefficient (Wildman–Crippen LogP) is 0.652. The summed E-state index contributed by atoms with van der Waals surface area (Å²) in [6.45, 7) is 3.33. The Hall–Kier alpha value is -0.740. The summed E-state index contributed by atoms with van der Waals surface area (Å²) in [6.07, 6.45) is 0.946. The zero-order chi connectivity index (χ0) is 9.02. The fourth-order valence-electron chi connectivity index (χ4n) is 0.439. The third-order valence-corrected chi connectivity index (χ3v) is 1.09. The minimum absolute atomic E-state index is 0.144. The lowest BCUT2D eigenvalue weighted by atomic mass is 10.4. The summed E-state index contributed by atoms with van der Waals surface area (Å²) < 4.78 is 0. The molecule has 11 heavy (non-hydrogen) atoms. The molecule has 3 N–H and O–H groups in total. The largest absolute Gasteiger partial charge is 0.389 e. The van der Waals surface area contributed by atoms with Crippen molar-refractivity contribution in [2.24, 2.45) is 5.73 Å². The lowest BCUT2D eigenvalue weighted by Crippen LogP contribution is -2.32. The fourth-order valence-corrected chi connectivity index (χ4v) is 0.532. The molecule has 0 fully saturated rings. The van der Waals surface area contributed by atoms with Gasteiger partial charge in [-0.15, -0.1) is 0 Å². The molecule has 0 aliphatic rings. The maximum atomic E-state index is 10.8. The van der Waals surface area contributed by atoms with Crippen LogP contribution in [0.25, 0.3) is 0 Å². The van der Waals surface area contributed by atoms with Gasteiger partial charge in [0.15, 0.2) is 0 Å². The molecule has 64 valence electrons. The second kappa shape index (κ2) is 4.20. The highest BCUT2D eigenvalue weighted by molar-refractivity contribution is 6.30. The quantitative estimate of drug-likeness (QED) is 0.283. The Bertz CT molecular complexity index is 175. The molecular formula is C6H11ClN2O2. The molecule has 0 aliphatic heterocycles. The first-order chi connectivity index (χ1) is 4.95. The van der Waals surface area contributed by atoms with Crippen molar-refractivity contribution in [3.05, 3.63) is 11.2 Å². The van der Waals surface area contributed by atoms with Crippen LogP contribution >= 0.6 is 11.6 Å². The van der Waals surface area contributed by atoms with Crippen molar-refractivity contribution in [2.75, 3.05) is 0 Å². The SMILES string of the molecule is CC(C)N(O)C(=O)/C=C(\N)Cl. The topological polar surface area (TPSA) is 66.6 Å². The molecule has 0 radical (unpaired) electrons. The summed E-state index contributed by atoms with van der Waals surface area (Å²) in [5, 5.41) is 9.38. The van der Waals surface area contributed by atoms with Crippen LogP contribution in [0.2, 0.25) is 0 Å². The van der Waals surface area contributed by atoms with Crippen molar-refractivity contribution in [3.8, 4) is 0 Å². The minimum Gasteiger partial charge on any atom is -0.389 e. The zero-order valence-electron chi connectivity index (χ0n) is 6.41. The molecule has 0 aromatic carbocycles. The molecule has 0 rings (SSSR count). The summed E-state index contributed by atoms with van der Waals surface area (Å²) in [4.78, 5) is 10.8. The first-order valence-corrected chi connectivity index (χ1v) is 3.47. The minimum atomic E-state index is -0.618. The lowest BCUT2D eigenvalue weighted by Gasteiger charge is -2.16. The zero-order valence-corrected chi connectivity index (χ0v) is 7.17. The Balaban J connectivity index is 4.15. The fraction of sp³-hybridized carbons (Fsp3) is 0.500. The molecule has 4 nitrogen and oxygen atoms in total. The molecule has 0 heterocycles. The van der Waals surface area contributed by atoms with Crippen molar-refractivity contribution in [1.82, 2.24) is 5.06 Å². The molecule has 0 spiro atoms. The van der Waals surface area contributed by atoms with E-state index in [4.69, 9.17) is 22.5 Å². The Labute approximate surface area is 70.2 Å². The summed E-state index contributed by atoms with van der Waals surface area (Å²) >= 11 is 5.20. The van der Waals surface area contributed by atoms with E-state index in [2.05, 4.69) is 0 Å². The van der Waals surface area contributed by atoms with Crippen molar-refractivity contribution < 1.29 is 10.0 Å². The van der Waals surface area contributed by atoms with Crippen LogP contribution in [0.4, 0.5) is 0 Å². The number of halogens is 1. The van der Waals surface area contributed by atoms with E-state index in [0.717, 1.165) is 6.08 Å². The number of nitrogens with zero attached hydrogens (tertiary/aromatic N) is 1. The number of hydrogen-bond acceptors (Lipinski definition) is 3. The maximum absolute atomic E-state index is 10.8. The number of amides is 1. The average Bonchev–Trinajstić information content (AvgIpc) is 1.84. The first-order valence-electron chi connectivity index (χ1n) is 3.10. The van der Waals surface area contributed by atoms with Gasteiger partial charge in [-0.3, -0.25) is 10.0 Å². The van der Waals surface area contributed by atoms with Gasteiger partial charge in [-0.25, -0.2) is 5.06 Å². The predicted molar refractivity (Wildman–Crippen MR) is 41.9 cm³/mol. The molecule has 1 amide bonds. The van der Waals surface area contributed by atoms with Crippen LogP contribution in [0.1, 0.15) is 13.8 Å². The number of hydroxylamine groups is 2. The van der Waals surface area contributed by atoms with Crippen molar-refractivity contribution in [3.63, 3.8) is 0 Å². The van der Waals surface area contributed by atoms with Crippen LogP contribution in [-0.4, -0.2) is 22.2 Å². The van der Waals surface area contributed by atoms with Crippen LogP contribution in [-0.2, 0) is 4.79 Å². The van der Waals surface area contributed by atoms with Gasteiger partial charge in [0.1, 0.15) is 5.16 Å². The number of carbonyl (C=O) groups is 1. The Morgan fingerprint density at radius 3 is 2.45 bits per heavy atom. The normalized spacial score (nSPS) is 11.9. The molecule has 0 atom stereocenters. The molecular weight excluding hydrogens is 168 g/mol. The van der Waals surface area contributed by atoms with E-state index >= 15 is 0 Å². The standard InChI is InChI=1S/C6H11ClN2O2/c1-4(2)9(11)6(10)3-5(7)8/h3-4,11H,8H2,1-2H3/b5-3-. The number of carbonyl (C=O) groups excluding carboxylic acids is 1. The Morgan fingerprint density at radius 1 is 1.73 bits per heavy atom. The number of hydrogen-bond donors (Lipinski definition) is 2. The lowest BCUT2D eigenvalue weighted by molar-refractivity contribution is -0.166. The van der Waals surface area contributed by atoms with E-state index in [1.54, 1.807) is 13.8 Å². The highest BCUT2D eigenvalue weighted by Gasteiger charge is 2.11. The summed E-state index contributed by atoms with van der Waals surface area (Å²) in [6, 6.07) is -0.283. The smallest absolute Gasteiger partial charge is 0.273 e. The van der Waals surface area contributed by atoms with Gasteiger partial charge >= 0.3 is 0 Å². The van der Waals surface area contributed by atoms with Crippen molar-refractivity contribution in [1.29, 1.82) is 0 Å². The molecule has 5 heteroatoms. The Morgan fingerprint density at radius 2 is 2.18 bits per heavy atom. The van der Waals surface area contributed by atoms with Crippen LogP contribution in [0.5, 0.6) is 0 Å². The van der Waals surface area contributed by atoms with Gasteiger partial charge in [0, 0.05) is 6.08 Å². The van der Waals surface area contributed by atoms with E-state index in [1.165, 1.54) is 0 Å². The molecule has 0 saturated carbocycles. The van der Waals surface area contributed by atoms with Gasteiger partial charge in [0.2, 0.25) is 0 Å². The van der Waals surface area contributed by atoms with Gasteiger partial charge < -0.3 is 5.73 Å². The van der Waals surface area contributed by atoms with E-state index < -0.39 is 5.91 Å². The van der Waals surface area contributed by atoms with Gasteiger partial charge in [-0.1, -0.05) is 11.6 Å². The van der Waals surface area contributed by atoms with E-state index in [1.807, 2.05) is 0 Å². The maximum Gasteiger partial charge on any atom is 0.273 e. The second-order valence-corrected chi connectivity index (χ2v) is 2.74. The van der Waals surface area contributed by atoms with Gasteiger partial charge in [-0.2, -0.15) is 0 Å². The first kappa shape index (κ1) is 10.3. The highest BCUT2D eigenvalue weighted by Crippen LogP contribution is 1.97. The molecule has 0 bridgehead atoms. The molecule has 0 unspecified atom stereocenters. The van der Waals surface area contributed by atoms with Gasteiger partial charge in [0.25, 0.3) is 5.91 Å². The summed E-state index contributed by atoms with van der Waals surface area (Å²) in [5.74, 6) is -0.618. The molecule has 0 saturated heterocycles. The van der Waals surface area contributed by atoms with Gasteiger partial charge in [0.05, 0.1) is 6.04 Å². The van der Waals surface area contributed by atoms with Gasteiger partial charge in [-0.05, 0) is 13.8 Å². The van der Waals surface area contributed by atoms with E-state index in [-0.39, 0.29) is 11.2 Å². The van der Waals surface area contributed by atoms with Crippen LogP contribution in [0, 0.1) is 0 Å². The van der Waals surface area contributed by atoms with Crippen molar-refractivity contribution >= 4 is 17.5 Å².